The van der Waals surface area contributed by atoms with Gasteiger partial charge in [0.1, 0.15) is 5.01 Å². The van der Waals surface area contributed by atoms with Gasteiger partial charge in [0.15, 0.2) is 0 Å². The number of aryl methyl sites for hydroxylation is 3. The molecule has 2 rings (SSSR count). The quantitative estimate of drug-likeness (QED) is 0.905. The van der Waals surface area contributed by atoms with E-state index >= 15 is 0 Å². The lowest BCUT2D eigenvalue weighted by molar-refractivity contribution is -0.136. The summed E-state index contributed by atoms with van der Waals surface area (Å²) in [6, 6.07) is 8.24. The Balaban J connectivity index is 2.30. The molecule has 0 saturated carbocycles. The van der Waals surface area contributed by atoms with Crippen LogP contribution < -0.4 is 0 Å². The summed E-state index contributed by atoms with van der Waals surface area (Å²) in [6.45, 7) is 4.11. The molecule has 4 heteroatoms. The summed E-state index contributed by atoms with van der Waals surface area (Å²) in [5.41, 5.74) is 3.35. The Hall–Kier alpha value is -1.68. The van der Waals surface area contributed by atoms with Crippen molar-refractivity contribution in [3.05, 3.63) is 40.4 Å². The Labute approximate surface area is 116 Å². The maximum absolute atomic E-state index is 10.7. The molecule has 0 aliphatic carbocycles. The molecular weight excluding hydrogens is 258 g/mol. The second-order valence-corrected chi connectivity index (χ2v) is 5.59. The SMILES string of the molecule is CCc1nc(-c2cccc(C)c2)sc1CCC(=O)O. The van der Waals surface area contributed by atoms with Gasteiger partial charge in [-0.3, -0.25) is 4.79 Å². The van der Waals surface area contributed by atoms with Crippen LogP contribution in [0.4, 0.5) is 0 Å². The molecular formula is C15H17NO2S. The lowest BCUT2D eigenvalue weighted by atomic mass is 10.1. The summed E-state index contributed by atoms with van der Waals surface area (Å²) in [5.74, 6) is -0.757. The summed E-state index contributed by atoms with van der Waals surface area (Å²) in [4.78, 5) is 16.4. The Morgan fingerprint density at radius 3 is 2.84 bits per heavy atom. The highest BCUT2D eigenvalue weighted by atomic mass is 32.1. The normalized spacial score (nSPS) is 10.6. The van der Waals surface area contributed by atoms with E-state index in [0.29, 0.717) is 6.42 Å². The first-order chi connectivity index (χ1) is 9.10. The Kier molecular flexibility index (Phi) is 4.32. The molecule has 0 radical (unpaired) electrons. The van der Waals surface area contributed by atoms with Gasteiger partial charge in [-0.1, -0.05) is 30.7 Å². The maximum atomic E-state index is 10.7. The van der Waals surface area contributed by atoms with Gasteiger partial charge in [0.2, 0.25) is 0 Å². The van der Waals surface area contributed by atoms with E-state index in [2.05, 4.69) is 31.0 Å². The number of carbonyl (C=O) groups is 1. The summed E-state index contributed by atoms with van der Waals surface area (Å²) < 4.78 is 0. The zero-order valence-corrected chi connectivity index (χ0v) is 12.0. The third-order valence-electron chi connectivity index (χ3n) is 2.94. The second kappa shape index (κ2) is 5.97. The number of nitrogens with zero attached hydrogens (tertiary/aromatic N) is 1. The maximum Gasteiger partial charge on any atom is 0.303 e. The molecule has 100 valence electrons. The molecule has 0 amide bonds. The van der Waals surface area contributed by atoms with Gasteiger partial charge < -0.3 is 5.11 Å². The van der Waals surface area contributed by atoms with E-state index in [0.717, 1.165) is 27.6 Å². The van der Waals surface area contributed by atoms with Crippen LogP contribution in [0, 0.1) is 6.92 Å². The van der Waals surface area contributed by atoms with E-state index in [1.54, 1.807) is 11.3 Å². The van der Waals surface area contributed by atoms with Crippen LogP contribution in [0.1, 0.15) is 29.5 Å². The Morgan fingerprint density at radius 1 is 1.42 bits per heavy atom. The zero-order chi connectivity index (χ0) is 13.8. The van der Waals surface area contributed by atoms with Crippen molar-refractivity contribution in [3.8, 4) is 10.6 Å². The van der Waals surface area contributed by atoms with Crippen molar-refractivity contribution in [2.24, 2.45) is 0 Å². The number of aliphatic carboxylic acids is 1. The number of hydrogen-bond donors (Lipinski definition) is 1. The minimum Gasteiger partial charge on any atom is -0.481 e. The van der Waals surface area contributed by atoms with Crippen molar-refractivity contribution in [2.75, 3.05) is 0 Å². The van der Waals surface area contributed by atoms with Gasteiger partial charge in [-0.25, -0.2) is 4.98 Å². The van der Waals surface area contributed by atoms with Gasteiger partial charge in [0.05, 0.1) is 12.1 Å². The lowest BCUT2D eigenvalue weighted by Gasteiger charge is -1.97. The predicted octanol–water partition coefficient (Wildman–Crippen LogP) is 3.70. The van der Waals surface area contributed by atoms with Crippen molar-refractivity contribution in [2.45, 2.75) is 33.1 Å². The molecule has 2 aromatic rings. The third-order valence-corrected chi connectivity index (χ3v) is 4.15. The molecule has 0 unspecified atom stereocenters. The molecule has 1 N–H and O–H groups in total. The summed E-state index contributed by atoms with van der Waals surface area (Å²) >= 11 is 1.61. The number of rotatable bonds is 5. The van der Waals surface area contributed by atoms with Gasteiger partial charge in [-0.2, -0.15) is 0 Å². The van der Waals surface area contributed by atoms with Crippen LogP contribution in [-0.4, -0.2) is 16.1 Å². The Bertz CT molecular complexity index is 590. The second-order valence-electron chi connectivity index (χ2n) is 4.51. The van der Waals surface area contributed by atoms with Gasteiger partial charge in [-0.15, -0.1) is 11.3 Å². The minimum absolute atomic E-state index is 0.169. The van der Waals surface area contributed by atoms with Crippen molar-refractivity contribution in [3.63, 3.8) is 0 Å². The molecule has 0 aliphatic rings. The number of aromatic nitrogens is 1. The first kappa shape index (κ1) is 13.7. The highest BCUT2D eigenvalue weighted by Gasteiger charge is 2.12. The van der Waals surface area contributed by atoms with Crippen LogP contribution in [0.5, 0.6) is 0 Å². The summed E-state index contributed by atoms with van der Waals surface area (Å²) in [6.07, 6.45) is 1.59. The number of carboxylic acids is 1. The molecule has 0 aliphatic heterocycles. The molecule has 3 nitrogen and oxygen atoms in total. The molecule has 0 saturated heterocycles. The standard InChI is InChI=1S/C15H17NO2S/c1-3-12-13(7-8-14(17)18)19-15(16-12)11-6-4-5-10(2)9-11/h4-6,9H,3,7-8H2,1-2H3,(H,17,18). The average Bonchev–Trinajstić information content (AvgIpc) is 2.79. The van der Waals surface area contributed by atoms with Crippen molar-refractivity contribution in [1.82, 2.24) is 4.98 Å². The van der Waals surface area contributed by atoms with Gasteiger partial charge in [0.25, 0.3) is 0 Å². The molecule has 1 heterocycles. The van der Waals surface area contributed by atoms with Crippen molar-refractivity contribution in [1.29, 1.82) is 0 Å². The third kappa shape index (κ3) is 3.41. The predicted molar refractivity (Wildman–Crippen MR) is 77.6 cm³/mol. The fourth-order valence-electron chi connectivity index (χ4n) is 1.98. The van der Waals surface area contributed by atoms with Crippen LogP contribution in [-0.2, 0) is 17.6 Å². The minimum atomic E-state index is -0.757. The smallest absolute Gasteiger partial charge is 0.303 e. The topological polar surface area (TPSA) is 50.2 Å². The van der Waals surface area contributed by atoms with Crippen molar-refractivity contribution < 1.29 is 9.90 Å². The van der Waals surface area contributed by atoms with E-state index in [9.17, 15) is 4.79 Å². The molecule has 0 fully saturated rings. The average molecular weight is 275 g/mol. The number of carboxylic acid groups (broad SMARTS) is 1. The Morgan fingerprint density at radius 2 is 2.21 bits per heavy atom. The number of hydrogen-bond acceptors (Lipinski definition) is 3. The molecule has 1 aromatic heterocycles. The van der Waals surface area contributed by atoms with Gasteiger partial charge in [0, 0.05) is 10.4 Å². The van der Waals surface area contributed by atoms with Crippen LogP contribution in [0.2, 0.25) is 0 Å². The molecule has 19 heavy (non-hydrogen) atoms. The summed E-state index contributed by atoms with van der Waals surface area (Å²) in [7, 11) is 0. The summed E-state index contributed by atoms with van der Waals surface area (Å²) in [5, 5.41) is 9.77. The van der Waals surface area contributed by atoms with Gasteiger partial charge >= 0.3 is 5.97 Å². The first-order valence-electron chi connectivity index (χ1n) is 6.37. The largest absolute Gasteiger partial charge is 0.481 e. The van der Waals surface area contributed by atoms with Crippen LogP contribution in [0.3, 0.4) is 0 Å². The van der Waals surface area contributed by atoms with Crippen LogP contribution in [0.15, 0.2) is 24.3 Å². The van der Waals surface area contributed by atoms with E-state index in [1.165, 1.54) is 5.56 Å². The first-order valence-corrected chi connectivity index (χ1v) is 7.19. The van der Waals surface area contributed by atoms with E-state index in [4.69, 9.17) is 5.11 Å². The van der Waals surface area contributed by atoms with Crippen LogP contribution >= 0.6 is 11.3 Å². The molecule has 0 bridgehead atoms. The number of thiazole rings is 1. The molecule has 0 spiro atoms. The zero-order valence-electron chi connectivity index (χ0n) is 11.1. The monoisotopic (exact) mass is 275 g/mol. The fraction of sp³-hybridized carbons (Fsp3) is 0.333. The van der Waals surface area contributed by atoms with E-state index < -0.39 is 5.97 Å². The van der Waals surface area contributed by atoms with E-state index in [1.807, 2.05) is 12.1 Å². The van der Waals surface area contributed by atoms with Gasteiger partial charge in [-0.05, 0) is 25.8 Å². The lowest BCUT2D eigenvalue weighted by Crippen LogP contribution is -1.98. The highest BCUT2D eigenvalue weighted by Crippen LogP contribution is 2.29. The number of benzene rings is 1. The van der Waals surface area contributed by atoms with Crippen LogP contribution in [0.25, 0.3) is 10.6 Å². The molecule has 0 atom stereocenters. The highest BCUT2D eigenvalue weighted by molar-refractivity contribution is 7.15. The molecule has 1 aromatic carbocycles. The van der Waals surface area contributed by atoms with Crippen molar-refractivity contribution >= 4 is 17.3 Å². The fourth-order valence-corrected chi connectivity index (χ4v) is 3.12. The van der Waals surface area contributed by atoms with E-state index in [-0.39, 0.29) is 6.42 Å².